The lowest BCUT2D eigenvalue weighted by molar-refractivity contribution is 0.0599. The molecule has 1 N–H and O–H groups in total. The van der Waals surface area contributed by atoms with Crippen molar-refractivity contribution in [1.82, 2.24) is 9.97 Å². The number of imidazole rings is 1. The third kappa shape index (κ3) is 3.86. The molecule has 0 bridgehead atoms. The first-order valence-electron chi connectivity index (χ1n) is 10.2. The van der Waals surface area contributed by atoms with Crippen LogP contribution in [0.3, 0.4) is 0 Å². The maximum Gasteiger partial charge on any atom is 0.338 e. The molecule has 4 nitrogen and oxygen atoms in total. The molecule has 3 aromatic carbocycles. The summed E-state index contributed by atoms with van der Waals surface area (Å²) < 4.78 is 4.98. The highest BCUT2D eigenvalue weighted by atomic mass is 16.5. The van der Waals surface area contributed by atoms with E-state index >= 15 is 0 Å². The van der Waals surface area contributed by atoms with E-state index in [1.165, 1.54) is 29.4 Å². The predicted molar refractivity (Wildman–Crippen MR) is 120 cm³/mol. The first-order valence-corrected chi connectivity index (χ1v) is 10.2. The molecule has 0 aliphatic rings. The normalized spacial score (nSPS) is 11.1. The summed E-state index contributed by atoms with van der Waals surface area (Å²) in [6.45, 7) is 6.34. The average molecular weight is 399 g/mol. The molecule has 0 radical (unpaired) electrons. The molecule has 0 saturated heterocycles. The Balaban J connectivity index is 1.77. The summed E-state index contributed by atoms with van der Waals surface area (Å²) in [5, 5.41) is 0. The predicted octanol–water partition coefficient (Wildman–Crippen LogP) is 5.46. The van der Waals surface area contributed by atoms with Gasteiger partial charge in [0.15, 0.2) is 0 Å². The number of benzene rings is 3. The number of rotatable bonds is 5. The number of ether oxygens (including phenoxy) is 1. The minimum absolute atomic E-state index is 0.311. The molecule has 1 heterocycles. The highest BCUT2D eigenvalue weighted by Crippen LogP contribution is 2.28. The summed E-state index contributed by atoms with van der Waals surface area (Å²) in [5.74, 6) is 0.636. The summed E-state index contributed by atoms with van der Waals surface area (Å²) in [5.41, 5.74) is 9.59. The molecular formula is C26H26N2O2. The summed E-state index contributed by atoms with van der Waals surface area (Å²) >= 11 is 0. The SMILES string of the molecule is COC(=O)c1ccccc1Cc1c(C)c(C)cc2[nH]c(Cc3cccc(C)c3)nc12. The van der Waals surface area contributed by atoms with Crippen LogP contribution >= 0.6 is 0 Å². The molecule has 0 saturated carbocycles. The number of aromatic nitrogens is 2. The van der Waals surface area contributed by atoms with Crippen molar-refractivity contribution in [3.63, 3.8) is 0 Å². The van der Waals surface area contributed by atoms with Crippen LogP contribution in [0, 0.1) is 20.8 Å². The topological polar surface area (TPSA) is 55.0 Å². The average Bonchev–Trinajstić information content (AvgIpc) is 3.13. The Labute approximate surface area is 176 Å². The zero-order valence-electron chi connectivity index (χ0n) is 17.9. The van der Waals surface area contributed by atoms with Gasteiger partial charge in [0.1, 0.15) is 5.82 Å². The van der Waals surface area contributed by atoms with Gasteiger partial charge in [0.05, 0.1) is 23.7 Å². The van der Waals surface area contributed by atoms with Gasteiger partial charge < -0.3 is 9.72 Å². The van der Waals surface area contributed by atoms with E-state index in [0.29, 0.717) is 12.0 Å². The van der Waals surface area contributed by atoms with Crippen molar-refractivity contribution < 1.29 is 9.53 Å². The van der Waals surface area contributed by atoms with Crippen molar-refractivity contribution in [1.29, 1.82) is 0 Å². The summed E-state index contributed by atoms with van der Waals surface area (Å²) in [6, 6.07) is 18.3. The Morgan fingerprint density at radius 3 is 2.57 bits per heavy atom. The van der Waals surface area contributed by atoms with Crippen LogP contribution in [-0.4, -0.2) is 23.0 Å². The van der Waals surface area contributed by atoms with Gasteiger partial charge in [-0.1, -0.05) is 48.0 Å². The summed E-state index contributed by atoms with van der Waals surface area (Å²) in [4.78, 5) is 20.7. The van der Waals surface area contributed by atoms with Gasteiger partial charge in [-0.05, 0) is 60.7 Å². The maximum absolute atomic E-state index is 12.2. The third-order valence-corrected chi connectivity index (χ3v) is 5.72. The molecule has 0 amide bonds. The van der Waals surface area contributed by atoms with Gasteiger partial charge >= 0.3 is 5.97 Å². The number of H-pyrrole nitrogens is 1. The molecule has 1 aromatic heterocycles. The van der Waals surface area contributed by atoms with Gasteiger partial charge in [-0.2, -0.15) is 0 Å². The molecule has 4 heteroatoms. The number of esters is 1. The zero-order chi connectivity index (χ0) is 21.3. The number of nitrogens with one attached hydrogen (secondary N) is 1. The van der Waals surface area contributed by atoms with Crippen LogP contribution in [-0.2, 0) is 17.6 Å². The van der Waals surface area contributed by atoms with E-state index in [9.17, 15) is 4.79 Å². The lowest BCUT2D eigenvalue weighted by atomic mass is 9.93. The Kier molecular flexibility index (Phi) is 5.40. The molecule has 0 spiro atoms. The van der Waals surface area contributed by atoms with Crippen LogP contribution in [0.1, 0.15) is 49.6 Å². The Morgan fingerprint density at radius 2 is 1.80 bits per heavy atom. The van der Waals surface area contributed by atoms with Crippen LogP contribution in [0.15, 0.2) is 54.6 Å². The van der Waals surface area contributed by atoms with Gasteiger partial charge in [-0.3, -0.25) is 0 Å². The summed E-state index contributed by atoms with van der Waals surface area (Å²) in [6.07, 6.45) is 1.39. The Bertz CT molecular complexity index is 1240. The quantitative estimate of drug-likeness (QED) is 0.454. The number of aryl methyl sites for hydroxylation is 2. The number of nitrogens with zero attached hydrogens (tertiary/aromatic N) is 1. The highest BCUT2D eigenvalue weighted by molar-refractivity contribution is 5.91. The number of fused-ring (bicyclic) bond motifs is 1. The fourth-order valence-electron chi connectivity index (χ4n) is 4.00. The van der Waals surface area contributed by atoms with E-state index in [1.54, 1.807) is 0 Å². The minimum Gasteiger partial charge on any atom is -0.465 e. The zero-order valence-corrected chi connectivity index (χ0v) is 17.9. The minimum atomic E-state index is -0.311. The van der Waals surface area contributed by atoms with Crippen molar-refractivity contribution in [3.05, 3.63) is 99.4 Å². The monoisotopic (exact) mass is 398 g/mol. The molecule has 0 fully saturated rings. The largest absolute Gasteiger partial charge is 0.465 e. The second-order valence-corrected chi connectivity index (χ2v) is 7.87. The van der Waals surface area contributed by atoms with Crippen LogP contribution in [0.5, 0.6) is 0 Å². The van der Waals surface area contributed by atoms with Gasteiger partial charge in [0, 0.05) is 12.8 Å². The Hall–Kier alpha value is -3.40. The number of hydrogen-bond acceptors (Lipinski definition) is 3. The van der Waals surface area contributed by atoms with Gasteiger partial charge in [0.2, 0.25) is 0 Å². The Morgan fingerprint density at radius 1 is 1.00 bits per heavy atom. The van der Waals surface area contributed by atoms with Gasteiger partial charge in [-0.15, -0.1) is 0 Å². The molecule has 4 rings (SSSR count). The molecule has 4 aromatic rings. The molecule has 0 unspecified atom stereocenters. The molecule has 30 heavy (non-hydrogen) atoms. The first kappa shape index (κ1) is 19.9. The van der Waals surface area contributed by atoms with E-state index in [0.717, 1.165) is 34.4 Å². The maximum atomic E-state index is 12.2. The summed E-state index contributed by atoms with van der Waals surface area (Å²) in [7, 11) is 1.42. The van der Waals surface area contributed by atoms with E-state index in [4.69, 9.17) is 9.72 Å². The smallest absolute Gasteiger partial charge is 0.338 e. The van der Waals surface area contributed by atoms with E-state index in [-0.39, 0.29) is 5.97 Å². The second-order valence-electron chi connectivity index (χ2n) is 7.87. The van der Waals surface area contributed by atoms with Crippen molar-refractivity contribution >= 4 is 17.0 Å². The van der Waals surface area contributed by atoms with Gasteiger partial charge in [-0.25, -0.2) is 9.78 Å². The van der Waals surface area contributed by atoms with E-state index in [2.05, 4.69) is 56.1 Å². The van der Waals surface area contributed by atoms with Crippen LogP contribution in [0.25, 0.3) is 11.0 Å². The molecule has 0 aliphatic carbocycles. The van der Waals surface area contributed by atoms with Crippen LogP contribution in [0.2, 0.25) is 0 Å². The van der Waals surface area contributed by atoms with Crippen molar-refractivity contribution in [2.24, 2.45) is 0 Å². The molecule has 152 valence electrons. The molecule has 0 aliphatic heterocycles. The number of carbonyl (C=O) groups excluding carboxylic acids is 1. The van der Waals surface area contributed by atoms with Crippen LogP contribution in [0.4, 0.5) is 0 Å². The fourth-order valence-corrected chi connectivity index (χ4v) is 4.00. The third-order valence-electron chi connectivity index (χ3n) is 5.72. The van der Waals surface area contributed by atoms with Crippen molar-refractivity contribution in [2.75, 3.05) is 7.11 Å². The second kappa shape index (κ2) is 8.15. The number of carbonyl (C=O) groups is 1. The van der Waals surface area contributed by atoms with Crippen molar-refractivity contribution in [2.45, 2.75) is 33.6 Å². The van der Waals surface area contributed by atoms with E-state index in [1.807, 2.05) is 24.3 Å². The number of methoxy groups -OCH3 is 1. The number of aromatic amines is 1. The fraction of sp³-hybridized carbons (Fsp3) is 0.231. The van der Waals surface area contributed by atoms with Gasteiger partial charge in [0.25, 0.3) is 0 Å². The standard InChI is InChI=1S/C26H26N2O2/c1-16-8-7-9-19(12-16)14-24-27-23-13-17(2)18(3)22(25(23)28-24)15-20-10-5-6-11-21(20)26(29)30-4/h5-13H,14-15H2,1-4H3,(H,27,28). The van der Waals surface area contributed by atoms with Crippen LogP contribution < -0.4 is 0 Å². The number of hydrogen-bond donors (Lipinski definition) is 1. The van der Waals surface area contributed by atoms with E-state index < -0.39 is 0 Å². The molecular weight excluding hydrogens is 372 g/mol. The lowest BCUT2D eigenvalue weighted by Gasteiger charge is -2.12. The highest BCUT2D eigenvalue weighted by Gasteiger charge is 2.17. The lowest BCUT2D eigenvalue weighted by Crippen LogP contribution is -2.07. The molecule has 0 atom stereocenters. The first-order chi connectivity index (χ1) is 14.5. The van der Waals surface area contributed by atoms with Crippen molar-refractivity contribution in [3.8, 4) is 0 Å².